The van der Waals surface area contributed by atoms with E-state index in [2.05, 4.69) is 52.3 Å². The number of aliphatic carboxylic acids is 2. The van der Waals surface area contributed by atoms with Gasteiger partial charge in [0, 0.05) is 18.4 Å². The molecule has 7 heteroatoms. The van der Waals surface area contributed by atoms with Crippen molar-refractivity contribution in [2.24, 2.45) is 5.41 Å². The average Bonchev–Trinajstić information content (AvgIpc) is 2.11. The minimum absolute atomic E-state index is 0. The van der Waals surface area contributed by atoms with Gasteiger partial charge in [0.05, 0.1) is 0 Å². The molecule has 1 atom stereocenters. The van der Waals surface area contributed by atoms with E-state index in [1.165, 1.54) is 19.3 Å². The van der Waals surface area contributed by atoms with E-state index in [1.54, 1.807) is 0 Å². The first-order valence-corrected chi connectivity index (χ1v) is 6.33. The van der Waals surface area contributed by atoms with Crippen LogP contribution in [0.5, 0.6) is 0 Å². The third-order valence-electron chi connectivity index (χ3n) is 3.47. The Morgan fingerprint density at radius 1 is 1.00 bits per heavy atom. The first-order chi connectivity index (χ1) is 7.94. The largest absolute Gasteiger partial charge is 1.00 e. The van der Waals surface area contributed by atoms with Gasteiger partial charge in [0.1, 0.15) is 0 Å². The van der Waals surface area contributed by atoms with E-state index in [-0.39, 0.29) is 59.1 Å². The normalized spacial score (nSPS) is 12.8. The van der Waals surface area contributed by atoms with E-state index in [0.717, 1.165) is 0 Å². The Kier molecular flexibility index (Phi) is 20.9. The standard InChI is InChI=1S/C10H21.C3H4O4.Li.2Na/c1-6-7-8-9(2)10(3,4)5;4-2(5)1-3(6)7;;;/h6-8H2,1-5H3;1H2,(H,4,5)(H,6,7);;;/q;;;2*+1/p-2. The molecule has 0 radical (unpaired) electrons. The number of carbonyl (C=O) groups is 2. The maximum atomic E-state index is 9.28. The van der Waals surface area contributed by atoms with Gasteiger partial charge in [0.15, 0.2) is 0 Å². The summed E-state index contributed by atoms with van der Waals surface area (Å²) in [5.41, 5.74) is 0.447. The van der Waals surface area contributed by atoms with Gasteiger partial charge in [-0.3, -0.25) is 0 Å². The summed E-state index contributed by atoms with van der Waals surface area (Å²) < 4.78 is 0.489. The second-order valence-electron chi connectivity index (χ2n) is 6.16. The van der Waals surface area contributed by atoms with Crippen LogP contribution in [-0.2, 0) is 9.59 Å². The molecule has 0 saturated heterocycles. The molecule has 4 nitrogen and oxygen atoms in total. The monoisotopic (exact) mass is 296 g/mol. The summed E-state index contributed by atoms with van der Waals surface area (Å²) in [5, 5.41) is 18.6. The summed E-state index contributed by atoms with van der Waals surface area (Å²) >= 11 is 2.38. The fourth-order valence-electron chi connectivity index (χ4n) is 1.11. The van der Waals surface area contributed by atoms with Crippen molar-refractivity contribution < 1.29 is 78.9 Å². The van der Waals surface area contributed by atoms with Crippen molar-refractivity contribution in [2.75, 3.05) is 0 Å². The molecule has 20 heavy (non-hydrogen) atoms. The van der Waals surface area contributed by atoms with Crippen LogP contribution in [0.25, 0.3) is 0 Å². The van der Waals surface area contributed by atoms with Crippen LogP contribution in [0.1, 0.15) is 60.3 Å². The first-order valence-electron chi connectivity index (χ1n) is 6.33. The van der Waals surface area contributed by atoms with Crippen LogP contribution in [0.2, 0.25) is 4.09 Å². The summed E-state index contributed by atoms with van der Waals surface area (Å²) in [5.74, 6) is -3.25. The van der Waals surface area contributed by atoms with Crippen molar-refractivity contribution in [2.45, 2.75) is 64.4 Å². The van der Waals surface area contributed by atoms with E-state index in [1.807, 2.05) is 0 Å². The molecule has 0 aliphatic carbocycles. The van der Waals surface area contributed by atoms with Crippen molar-refractivity contribution >= 4 is 29.7 Å². The molecular weight excluding hydrogens is 273 g/mol. The van der Waals surface area contributed by atoms with Gasteiger partial charge in [-0.1, -0.05) is 0 Å². The van der Waals surface area contributed by atoms with Gasteiger partial charge in [0.2, 0.25) is 0 Å². The fraction of sp³-hybridized carbons (Fsp3) is 0.846. The maximum Gasteiger partial charge on any atom is 1.00 e. The molecule has 0 aromatic rings. The van der Waals surface area contributed by atoms with Gasteiger partial charge in [-0.05, 0) is 0 Å². The van der Waals surface area contributed by atoms with E-state index in [4.69, 9.17) is 0 Å². The molecule has 0 aliphatic rings. The SMILES string of the molecule is O=C([O-])CC(=O)[O-].[Li][C](C)(CCCC)C(C)(C)C.[Na+].[Na+]. The van der Waals surface area contributed by atoms with Gasteiger partial charge in [0.25, 0.3) is 0 Å². The molecule has 0 aliphatic heterocycles. The topological polar surface area (TPSA) is 80.3 Å². The third kappa shape index (κ3) is 17.6. The number of carboxylic acids is 2. The van der Waals surface area contributed by atoms with Gasteiger partial charge < -0.3 is 19.8 Å². The molecule has 0 amide bonds. The quantitative estimate of drug-likeness (QED) is 0.374. The molecule has 0 fully saturated rings. The Morgan fingerprint density at radius 2 is 1.35 bits per heavy atom. The first kappa shape index (κ1) is 29.5. The number of carbonyl (C=O) groups excluding carboxylic acids is 2. The van der Waals surface area contributed by atoms with Crippen LogP contribution >= 0.6 is 0 Å². The number of hydrogen-bond acceptors (Lipinski definition) is 4. The molecule has 0 aromatic heterocycles. The third-order valence-corrected chi connectivity index (χ3v) is 3.47. The second-order valence-corrected chi connectivity index (χ2v) is 6.16. The Hall–Kier alpha value is 1.54. The average molecular weight is 296 g/mol. The smallest absolute Gasteiger partial charge is 1.00 e. The van der Waals surface area contributed by atoms with Crippen molar-refractivity contribution in [1.29, 1.82) is 0 Å². The maximum absolute atomic E-state index is 9.28. The molecule has 0 heterocycles. The molecule has 0 spiro atoms. The Bertz CT molecular complexity index is 264. The predicted octanol–water partition coefficient (Wildman–Crippen LogP) is -5.55. The molecule has 102 valence electrons. The van der Waals surface area contributed by atoms with Gasteiger partial charge >= 0.3 is 140 Å². The number of carboxylic acid groups (broad SMARTS) is 2. The van der Waals surface area contributed by atoms with Crippen LogP contribution in [0.15, 0.2) is 0 Å². The van der Waals surface area contributed by atoms with Crippen molar-refractivity contribution in [3.05, 3.63) is 0 Å². The summed E-state index contributed by atoms with van der Waals surface area (Å²) in [7, 11) is 0. The zero-order valence-corrected chi connectivity index (χ0v) is 18.5. The molecule has 0 bridgehead atoms. The zero-order chi connectivity index (χ0) is 15.0. The van der Waals surface area contributed by atoms with Crippen molar-refractivity contribution in [1.82, 2.24) is 0 Å². The summed E-state index contributed by atoms with van der Waals surface area (Å²) in [6, 6.07) is 0. The number of rotatable bonds is 5. The minimum atomic E-state index is -1.63. The van der Waals surface area contributed by atoms with E-state index in [9.17, 15) is 19.8 Å². The second kappa shape index (κ2) is 14.2. The van der Waals surface area contributed by atoms with E-state index in [0.29, 0.717) is 9.50 Å². The minimum Gasteiger partial charge on any atom is 1.00 e. The molecule has 0 N–H and O–H groups in total. The molecule has 0 aromatic carbocycles. The van der Waals surface area contributed by atoms with Crippen LogP contribution in [0, 0.1) is 5.41 Å². The van der Waals surface area contributed by atoms with Crippen LogP contribution in [-0.4, -0.2) is 29.7 Å². The van der Waals surface area contributed by atoms with Crippen molar-refractivity contribution in [3.8, 4) is 0 Å². The molecule has 0 rings (SSSR count). The Labute approximate surface area is 176 Å². The molecule has 0 saturated carbocycles. The van der Waals surface area contributed by atoms with Crippen molar-refractivity contribution in [3.63, 3.8) is 0 Å². The Balaban J connectivity index is -0.000000126. The summed E-state index contributed by atoms with van der Waals surface area (Å²) in [6.07, 6.45) is 3.01. The number of unbranched alkanes of at least 4 members (excludes halogenated alkanes) is 1. The Morgan fingerprint density at radius 3 is 1.50 bits per heavy atom. The summed E-state index contributed by atoms with van der Waals surface area (Å²) in [4.78, 5) is 18.6. The number of hydrogen-bond donors (Lipinski definition) is 0. The predicted molar refractivity (Wildman–Crippen MR) is 67.7 cm³/mol. The van der Waals surface area contributed by atoms with E-state index < -0.39 is 18.4 Å². The van der Waals surface area contributed by atoms with Crippen LogP contribution in [0.4, 0.5) is 0 Å². The van der Waals surface area contributed by atoms with Crippen LogP contribution < -0.4 is 69.3 Å². The molecular formula is C13H23LiNa2O4. The zero-order valence-electron chi connectivity index (χ0n) is 14.5. The van der Waals surface area contributed by atoms with E-state index >= 15 is 0 Å². The fourth-order valence-corrected chi connectivity index (χ4v) is 1.11. The molecule has 1 unspecified atom stereocenters. The van der Waals surface area contributed by atoms with Gasteiger partial charge in [-0.2, -0.15) is 0 Å². The van der Waals surface area contributed by atoms with Gasteiger partial charge in [-0.15, -0.1) is 0 Å². The van der Waals surface area contributed by atoms with Gasteiger partial charge in [-0.25, -0.2) is 0 Å². The van der Waals surface area contributed by atoms with Crippen LogP contribution in [0.3, 0.4) is 0 Å². The summed E-state index contributed by atoms with van der Waals surface area (Å²) in [6.45, 7) is 11.6.